The molecule has 0 amide bonds. The third-order valence-corrected chi connectivity index (χ3v) is 0.525. The Hall–Kier alpha value is -1.04. The van der Waals surface area contributed by atoms with Crippen molar-refractivity contribution < 1.29 is 9.53 Å². The zero-order valence-electron chi connectivity index (χ0n) is 4.84. The highest BCUT2D eigenvalue weighted by molar-refractivity contribution is 5.66. The number of hydrogen-bond acceptors (Lipinski definition) is 3. The van der Waals surface area contributed by atoms with Crippen LogP contribution in [0.25, 0.3) is 0 Å². The molecule has 0 saturated heterocycles. The van der Waals surface area contributed by atoms with Crippen LogP contribution < -0.4 is 0 Å². The largest absolute Gasteiger partial charge is 0.447 e. The standard InChI is InChI=1S/C5H7NO2/c1-4(3-6)8-5(2)7/h4H,1-2H3/t4-/m0/s1. The maximum atomic E-state index is 10.0. The lowest BCUT2D eigenvalue weighted by Gasteiger charge is -1.99. The number of ether oxygens (including phenoxy) is 1. The summed E-state index contributed by atoms with van der Waals surface area (Å²) < 4.78 is 4.40. The SMILES string of the molecule is CC(=O)O[C@@H](C)C#N. The van der Waals surface area contributed by atoms with E-state index in [0.29, 0.717) is 0 Å². The lowest BCUT2D eigenvalue weighted by atomic mass is 10.5. The Morgan fingerprint density at radius 2 is 2.38 bits per heavy atom. The van der Waals surface area contributed by atoms with E-state index in [-0.39, 0.29) is 0 Å². The summed E-state index contributed by atoms with van der Waals surface area (Å²) in [6.07, 6.45) is -0.618. The van der Waals surface area contributed by atoms with Crippen molar-refractivity contribution in [2.24, 2.45) is 0 Å². The van der Waals surface area contributed by atoms with Gasteiger partial charge < -0.3 is 4.74 Å². The molecule has 0 heterocycles. The average Bonchev–Trinajstić information content (AvgIpc) is 1.65. The molecular weight excluding hydrogens is 106 g/mol. The van der Waals surface area contributed by atoms with Crippen LogP contribution >= 0.6 is 0 Å². The normalized spacial score (nSPS) is 11.6. The predicted molar refractivity (Wildman–Crippen MR) is 26.8 cm³/mol. The highest BCUT2D eigenvalue weighted by Gasteiger charge is 1.99. The first kappa shape index (κ1) is 6.96. The zero-order valence-corrected chi connectivity index (χ0v) is 4.84. The smallest absolute Gasteiger partial charge is 0.303 e. The summed E-state index contributed by atoms with van der Waals surface area (Å²) in [5.41, 5.74) is 0. The fourth-order valence-corrected chi connectivity index (χ4v) is 0.275. The molecule has 1 atom stereocenters. The summed E-state index contributed by atoms with van der Waals surface area (Å²) in [6, 6.07) is 1.75. The molecule has 0 rings (SSSR count). The van der Waals surface area contributed by atoms with E-state index in [1.165, 1.54) is 13.8 Å². The highest BCUT2D eigenvalue weighted by atomic mass is 16.5. The van der Waals surface area contributed by atoms with Crippen LogP contribution in [0, 0.1) is 11.3 Å². The number of carbonyl (C=O) groups is 1. The molecule has 0 aliphatic carbocycles. The minimum Gasteiger partial charge on any atom is -0.447 e. The second-order valence-corrected chi connectivity index (χ2v) is 1.38. The summed E-state index contributed by atoms with van der Waals surface area (Å²) in [5.74, 6) is -0.418. The van der Waals surface area contributed by atoms with Crippen molar-refractivity contribution in [2.75, 3.05) is 0 Å². The van der Waals surface area contributed by atoms with Gasteiger partial charge in [-0.2, -0.15) is 5.26 Å². The van der Waals surface area contributed by atoms with Crippen molar-refractivity contribution in [1.82, 2.24) is 0 Å². The van der Waals surface area contributed by atoms with E-state index in [1.807, 2.05) is 0 Å². The van der Waals surface area contributed by atoms with Gasteiger partial charge in [-0.25, -0.2) is 0 Å². The van der Waals surface area contributed by atoms with Crippen LogP contribution in [0.15, 0.2) is 0 Å². The Bertz CT molecular complexity index is 125. The number of rotatable bonds is 1. The Labute approximate surface area is 47.9 Å². The maximum absolute atomic E-state index is 10.0. The van der Waals surface area contributed by atoms with Crippen LogP contribution in [0.2, 0.25) is 0 Å². The first-order valence-corrected chi connectivity index (χ1v) is 2.23. The quantitative estimate of drug-likeness (QED) is 0.464. The molecule has 0 aromatic rings. The minimum atomic E-state index is -0.618. The molecule has 3 heteroatoms. The molecule has 8 heavy (non-hydrogen) atoms. The van der Waals surface area contributed by atoms with Crippen molar-refractivity contribution in [3.8, 4) is 6.07 Å². The van der Waals surface area contributed by atoms with Crippen molar-refractivity contribution in [1.29, 1.82) is 5.26 Å². The molecule has 0 saturated carbocycles. The van der Waals surface area contributed by atoms with Gasteiger partial charge in [0.15, 0.2) is 6.10 Å². The summed E-state index contributed by atoms with van der Waals surface area (Å²) in [7, 11) is 0. The molecule has 0 radical (unpaired) electrons. The van der Waals surface area contributed by atoms with Gasteiger partial charge in [0.05, 0.1) is 0 Å². The van der Waals surface area contributed by atoms with Crippen LogP contribution in [-0.4, -0.2) is 12.1 Å². The Morgan fingerprint density at radius 1 is 1.88 bits per heavy atom. The lowest BCUT2D eigenvalue weighted by Crippen LogP contribution is -2.08. The van der Waals surface area contributed by atoms with Crippen LogP contribution in [0.3, 0.4) is 0 Å². The van der Waals surface area contributed by atoms with Gasteiger partial charge in [-0.05, 0) is 6.92 Å². The van der Waals surface area contributed by atoms with Gasteiger partial charge in [0.1, 0.15) is 6.07 Å². The lowest BCUT2D eigenvalue weighted by molar-refractivity contribution is -0.143. The molecule has 0 unspecified atom stereocenters. The molecule has 0 bridgehead atoms. The Morgan fingerprint density at radius 3 is 2.50 bits per heavy atom. The molecule has 0 aromatic carbocycles. The van der Waals surface area contributed by atoms with Crippen LogP contribution in [0.5, 0.6) is 0 Å². The van der Waals surface area contributed by atoms with E-state index >= 15 is 0 Å². The minimum absolute atomic E-state index is 0.418. The fraction of sp³-hybridized carbons (Fsp3) is 0.600. The molecule has 0 spiro atoms. The molecule has 3 nitrogen and oxygen atoms in total. The number of hydrogen-bond donors (Lipinski definition) is 0. The average molecular weight is 113 g/mol. The van der Waals surface area contributed by atoms with E-state index in [0.717, 1.165) is 0 Å². The van der Waals surface area contributed by atoms with Gasteiger partial charge in [-0.1, -0.05) is 0 Å². The molecular formula is C5H7NO2. The van der Waals surface area contributed by atoms with Crippen LogP contribution in [-0.2, 0) is 9.53 Å². The fourth-order valence-electron chi connectivity index (χ4n) is 0.275. The molecule has 0 aromatic heterocycles. The second-order valence-electron chi connectivity index (χ2n) is 1.38. The summed E-state index contributed by atoms with van der Waals surface area (Å²) in [5, 5.41) is 8.06. The molecule has 0 N–H and O–H groups in total. The number of esters is 1. The highest BCUT2D eigenvalue weighted by Crippen LogP contribution is 1.86. The van der Waals surface area contributed by atoms with Gasteiger partial charge in [-0.3, -0.25) is 4.79 Å². The third kappa shape index (κ3) is 3.16. The topological polar surface area (TPSA) is 50.1 Å². The molecule has 0 aliphatic heterocycles. The predicted octanol–water partition coefficient (Wildman–Crippen LogP) is 0.462. The van der Waals surface area contributed by atoms with E-state index in [2.05, 4.69) is 4.74 Å². The number of nitrogens with zero attached hydrogens (tertiary/aromatic N) is 1. The van der Waals surface area contributed by atoms with Gasteiger partial charge in [0.2, 0.25) is 0 Å². The van der Waals surface area contributed by atoms with Gasteiger partial charge in [0, 0.05) is 6.92 Å². The molecule has 44 valence electrons. The van der Waals surface area contributed by atoms with Crippen LogP contribution in [0.4, 0.5) is 0 Å². The van der Waals surface area contributed by atoms with E-state index in [9.17, 15) is 4.79 Å². The van der Waals surface area contributed by atoms with Crippen molar-refractivity contribution >= 4 is 5.97 Å². The van der Waals surface area contributed by atoms with Gasteiger partial charge >= 0.3 is 5.97 Å². The third-order valence-electron chi connectivity index (χ3n) is 0.525. The Balaban J connectivity index is 3.43. The first-order valence-electron chi connectivity index (χ1n) is 2.23. The second kappa shape index (κ2) is 3.03. The summed E-state index contributed by atoms with van der Waals surface area (Å²) in [4.78, 5) is 10.0. The monoisotopic (exact) mass is 113 g/mol. The van der Waals surface area contributed by atoms with Crippen molar-refractivity contribution in [2.45, 2.75) is 20.0 Å². The maximum Gasteiger partial charge on any atom is 0.303 e. The summed E-state index contributed by atoms with van der Waals surface area (Å²) in [6.45, 7) is 2.79. The molecule has 0 fully saturated rings. The first-order chi connectivity index (χ1) is 3.66. The van der Waals surface area contributed by atoms with Gasteiger partial charge in [-0.15, -0.1) is 0 Å². The van der Waals surface area contributed by atoms with E-state index in [4.69, 9.17) is 5.26 Å². The van der Waals surface area contributed by atoms with Crippen molar-refractivity contribution in [3.63, 3.8) is 0 Å². The van der Waals surface area contributed by atoms with E-state index in [1.54, 1.807) is 6.07 Å². The number of carbonyl (C=O) groups excluding carboxylic acids is 1. The van der Waals surface area contributed by atoms with E-state index < -0.39 is 12.1 Å². The van der Waals surface area contributed by atoms with Crippen LogP contribution in [0.1, 0.15) is 13.8 Å². The zero-order chi connectivity index (χ0) is 6.57. The van der Waals surface area contributed by atoms with Gasteiger partial charge in [0.25, 0.3) is 0 Å². The molecule has 0 aliphatic rings. The Kier molecular flexibility index (Phi) is 2.63. The van der Waals surface area contributed by atoms with Crippen molar-refractivity contribution in [3.05, 3.63) is 0 Å². The number of nitriles is 1. The summed E-state index contributed by atoms with van der Waals surface area (Å²) >= 11 is 0.